The largest absolute Gasteiger partial charge is 0.490 e. The third kappa shape index (κ3) is 3.49. The summed E-state index contributed by atoms with van der Waals surface area (Å²) in [5.41, 5.74) is 0.479. The summed E-state index contributed by atoms with van der Waals surface area (Å²) in [6.45, 7) is 2.72. The average molecular weight is 396 g/mol. The van der Waals surface area contributed by atoms with Crippen LogP contribution in [0, 0.1) is 11.8 Å². The zero-order chi connectivity index (χ0) is 19.8. The number of fused-ring (bicyclic) bond motifs is 2. The van der Waals surface area contributed by atoms with Crippen LogP contribution >= 0.6 is 0 Å². The van der Waals surface area contributed by atoms with Gasteiger partial charge in [-0.25, -0.2) is 4.98 Å². The molecular formula is C24H33N3O2. The summed E-state index contributed by atoms with van der Waals surface area (Å²) in [5.74, 6) is 2.37. The summed E-state index contributed by atoms with van der Waals surface area (Å²) in [7, 11) is 2.00. The minimum Gasteiger partial charge on any atom is -0.490 e. The minimum atomic E-state index is -0.799. The fourth-order valence-electron chi connectivity index (χ4n) is 5.96. The number of hydrogen-bond donors (Lipinski definition) is 1. The Morgan fingerprint density at radius 3 is 2.48 bits per heavy atom. The Kier molecular flexibility index (Phi) is 5.12. The van der Waals surface area contributed by atoms with Crippen molar-refractivity contribution >= 4 is 0 Å². The number of aryl methyl sites for hydroxylation is 1. The number of aliphatic hydroxyl groups is 1. The second-order valence-electron chi connectivity index (χ2n) is 9.34. The zero-order valence-electron chi connectivity index (χ0n) is 17.5. The van der Waals surface area contributed by atoms with E-state index in [1.165, 1.54) is 37.7 Å². The van der Waals surface area contributed by atoms with E-state index in [4.69, 9.17) is 4.74 Å². The van der Waals surface area contributed by atoms with E-state index in [1.54, 1.807) is 0 Å². The van der Waals surface area contributed by atoms with E-state index in [9.17, 15) is 5.11 Å². The first-order chi connectivity index (χ1) is 14.1. The molecule has 1 saturated heterocycles. The molecule has 3 aliphatic rings. The van der Waals surface area contributed by atoms with Gasteiger partial charge in [0.25, 0.3) is 0 Å². The van der Waals surface area contributed by atoms with Crippen molar-refractivity contribution in [2.45, 2.75) is 63.2 Å². The van der Waals surface area contributed by atoms with Gasteiger partial charge in [0.15, 0.2) is 0 Å². The Hall–Kier alpha value is -1.85. The molecule has 3 fully saturated rings. The van der Waals surface area contributed by atoms with Crippen LogP contribution in [0.5, 0.6) is 5.75 Å². The molecule has 0 spiro atoms. The van der Waals surface area contributed by atoms with Crippen molar-refractivity contribution in [2.75, 3.05) is 13.1 Å². The predicted molar refractivity (Wildman–Crippen MR) is 113 cm³/mol. The fourth-order valence-corrected chi connectivity index (χ4v) is 5.96. The van der Waals surface area contributed by atoms with Crippen LogP contribution in [-0.2, 0) is 19.2 Å². The van der Waals surface area contributed by atoms with Gasteiger partial charge in [-0.15, -0.1) is 0 Å². The smallest absolute Gasteiger partial charge is 0.141 e. The van der Waals surface area contributed by atoms with Gasteiger partial charge in [-0.2, -0.15) is 0 Å². The SMILES string of the molecule is Cn1ccnc1C1(O)[C@@H]2CCC[C@H]1CN(Cc1ccccc1OC1CCCC1)C2. The standard InChI is InChI=1S/C24H33N3O2/c1-26-14-13-25-23(26)24(28)19-8-6-9-20(24)17-27(16-19)15-18-7-2-5-12-22(18)29-21-10-3-4-11-21/h2,5,7,12-14,19-21,28H,3-4,6,8-11,15-17H2,1H3/t19-,20+,24?. The van der Waals surface area contributed by atoms with E-state index in [1.807, 2.05) is 24.0 Å². The topological polar surface area (TPSA) is 50.5 Å². The molecule has 5 rings (SSSR count). The highest BCUT2D eigenvalue weighted by molar-refractivity contribution is 5.33. The Bertz CT molecular complexity index is 828. The third-order valence-corrected chi connectivity index (χ3v) is 7.45. The van der Waals surface area contributed by atoms with Gasteiger partial charge in [-0.3, -0.25) is 4.90 Å². The van der Waals surface area contributed by atoms with Gasteiger partial charge in [-0.05, 0) is 44.6 Å². The van der Waals surface area contributed by atoms with E-state index in [2.05, 4.69) is 34.1 Å². The van der Waals surface area contributed by atoms with Crippen LogP contribution in [0.15, 0.2) is 36.7 Å². The molecule has 29 heavy (non-hydrogen) atoms. The average Bonchev–Trinajstić information content (AvgIpc) is 3.36. The first kappa shape index (κ1) is 19.1. The van der Waals surface area contributed by atoms with Crippen LogP contribution in [0.2, 0.25) is 0 Å². The molecule has 2 heterocycles. The lowest BCUT2D eigenvalue weighted by atomic mass is 9.65. The molecule has 0 amide bonds. The molecule has 1 aromatic heterocycles. The Balaban J connectivity index is 1.34. The summed E-state index contributed by atoms with van der Waals surface area (Å²) in [6.07, 6.45) is 12.4. The number of ether oxygens (including phenoxy) is 1. The summed E-state index contributed by atoms with van der Waals surface area (Å²) in [6, 6.07) is 8.53. The highest BCUT2D eigenvalue weighted by atomic mass is 16.5. The van der Waals surface area contributed by atoms with Gasteiger partial charge < -0.3 is 14.4 Å². The number of nitrogens with zero attached hydrogens (tertiary/aromatic N) is 3. The lowest BCUT2D eigenvalue weighted by molar-refractivity contribution is -0.155. The molecule has 1 aliphatic heterocycles. The third-order valence-electron chi connectivity index (χ3n) is 7.45. The number of rotatable bonds is 5. The maximum Gasteiger partial charge on any atom is 0.141 e. The molecule has 3 atom stereocenters. The van der Waals surface area contributed by atoms with Crippen molar-refractivity contribution in [3.05, 3.63) is 48.0 Å². The monoisotopic (exact) mass is 395 g/mol. The number of aromatic nitrogens is 2. The van der Waals surface area contributed by atoms with Crippen LogP contribution < -0.4 is 4.74 Å². The molecule has 0 radical (unpaired) electrons. The molecular weight excluding hydrogens is 362 g/mol. The number of benzene rings is 1. The van der Waals surface area contributed by atoms with Crippen molar-refractivity contribution < 1.29 is 9.84 Å². The minimum absolute atomic E-state index is 0.235. The number of para-hydroxylation sites is 1. The van der Waals surface area contributed by atoms with Gasteiger partial charge in [0, 0.05) is 56.5 Å². The fraction of sp³-hybridized carbons (Fsp3) is 0.625. The lowest BCUT2D eigenvalue weighted by Crippen LogP contribution is -2.58. The summed E-state index contributed by atoms with van der Waals surface area (Å²) in [4.78, 5) is 7.08. The Morgan fingerprint density at radius 2 is 1.79 bits per heavy atom. The van der Waals surface area contributed by atoms with Crippen molar-refractivity contribution in [2.24, 2.45) is 18.9 Å². The highest BCUT2D eigenvalue weighted by Crippen LogP contribution is 2.48. The van der Waals surface area contributed by atoms with E-state index in [0.29, 0.717) is 6.10 Å². The zero-order valence-corrected chi connectivity index (χ0v) is 17.5. The number of hydrogen-bond acceptors (Lipinski definition) is 4. The predicted octanol–water partition coefficient (Wildman–Crippen LogP) is 3.86. The van der Waals surface area contributed by atoms with Crippen molar-refractivity contribution in [1.82, 2.24) is 14.5 Å². The van der Waals surface area contributed by atoms with Crippen LogP contribution in [-0.4, -0.2) is 38.8 Å². The van der Waals surface area contributed by atoms with E-state index in [-0.39, 0.29) is 11.8 Å². The molecule has 2 saturated carbocycles. The van der Waals surface area contributed by atoms with Gasteiger partial charge in [0.05, 0.1) is 6.10 Å². The molecule has 2 aliphatic carbocycles. The van der Waals surface area contributed by atoms with Crippen molar-refractivity contribution in [3.8, 4) is 5.75 Å². The van der Waals surface area contributed by atoms with Gasteiger partial charge in [-0.1, -0.05) is 24.6 Å². The second-order valence-corrected chi connectivity index (χ2v) is 9.34. The molecule has 5 nitrogen and oxygen atoms in total. The summed E-state index contributed by atoms with van der Waals surface area (Å²) < 4.78 is 8.37. The van der Waals surface area contributed by atoms with Crippen molar-refractivity contribution in [1.29, 1.82) is 0 Å². The van der Waals surface area contributed by atoms with Crippen LogP contribution in [0.25, 0.3) is 0 Å². The van der Waals surface area contributed by atoms with Crippen molar-refractivity contribution in [3.63, 3.8) is 0 Å². The van der Waals surface area contributed by atoms with Gasteiger partial charge in [0.1, 0.15) is 17.2 Å². The Morgan fingerprint density at radius 1 is 1.07 bits per heavy atom. The highest BCUT2D eigenvalue weighted by Gasteiger charge is 2.53. The number of imidazole rings is 1. The molecule has 2 bridgehead atoms. The molecule has 2 aromatic rings. The van der Waals surface area contributed by atoms with Gasteiger partial charge >= 0.3 is 0 Å². The first-order valence-electron chi connectivity index (χ1n) is 11.3. The Labute approximate surface area is 173 Å². The van der Waals surface area contributed by atoms with E-state index >= 15 is 0 Å². The van der Waals surface area contributed by atoms with Crippen LogP contribution in [0.4, 0.5) is 0 Å². The van der Waals surface area contributed by atoms with Crippen LogP contribution in [0.3, 0.4) is 0 Å². The molecule has 1 unspecified atom stereocenters. The second kappa shape index (κ2) is 7.77. The molecule has 1 N–H and O–H groups in total. The summed E-state index contributed by atoms with van der Waals surface area (Å²) >= 11 is 0. The first-order valence-corrected chi connectivity index (χ1v) is 11.3. The van der Waals surface area contributed by atoms with E-state index < -0.39 is 5.60 Å². The van der Waals surface area contributed by atoms with Crippen LogP contribution in [0.1, 0.15) is 56.3 Å². The normalized spacial score (nSPS) is 30.6. The van der Waals surface area contributed by atoms with Gasteiger partial charge in [0.2, 0.25) is 0 Å². The molecule has 1 aromatic carbocycles. The number of likely N-dealkylation sites (tertiary alicyclic amines) is 1. The maximum absolute atomic E-state index is 11.8. The maximum atomic E-state index is 11.8. The molecule has 156 valence electrons. The quantitative estimate of drug-likeness (QED) is 0.835. The van der Waals surface area contributed by atoms with E-state index in [0.717, 1.165) is 44.0 Å². The summed E-state index contributed by atoms with van der Waals surface area (Å²) in [5, 5.41) is 11.8. The number of piperidine rings is 1. The molecule has 5 heteroatoms. The lowest BCUT2D eigenvalue weighted by Gasteiger charge is -2.52.